The van der Waals surface area contributed by atoms with Crippen LogP contribution in [-0.2, 0) is 14.3 Å². The third-order valence-electron chi connectivity index (χ3n) is 4.24. The van der Waals surface area contributed by atoms with Crippen molar-refractivity contribution in [1.29, 1.82) is 0 Å². The lowest BCUT2D eigenvalue weighted by molar-refractivity contribution is -0.124. The number of carbonyl (C=O) groups is 3. The molecule has 0 bridgehead atoms. The molecule has 0 aliphatic heterocycles. The second-order valence-electron chi connectivity index (χ2n) is 6.55. The molecule has 0 aromatic heterocycles. The van der Waals surface area contributed by atoms with Crippen molar-refractivity contribution in [1.82, 2.24) is 10.8 Å². The number of imide groups is 1. The summed E-state index contributed by atoms with van der Waals surface area (Å²) in [6, 6.07) is 14.7. The Hall–Kier alpha value is -3.73. The molecule has 2 rings (SSSR count). The van der Waals surface area contributed by atoms with Gasteiger partial charge in [0.25, 0.3) is 11.8 Å². The van der Waals surface area contributed by atoms with Crippen LogP contribution >= 0.6 is 0 Å². The summed E-state index contributed by atoms with van der Waals surface area (Å²) < 4.78 is 16.6. The number of carbonyl (C=O) groups excluding carboxylic acids is 3. The lowest BCUT2D eigenvalue weighted by Gasteiger charge is -2.25. The normalized spacial score (nSPS) is 12.6. The first kappa shape index (κ1) is 25.5. The number of hydrogen-bond donors (Lipinski definition) is 4. The van der Waals surface area contributed by atoms with E-state index >= 15 is 0 Å². The summed E-state index contributed by atoms with van der Waals surface area (Å²) in [5.74, 6) is -1.05. The first-order valence-corrected chi connectivity index (χ1v) is 10.1. The van der Waals surface area contributed by atoms with Crippen molar-refractivity contribution in [3.63, 3.8) is 0 Å². The van der Waals surface area contributed by atoms with Gasteiger partial charge < -0.3 is 19.3 Å². The fourth-order valence-corrected chi connectivity index (χ4v) is 2.82. The van der Waals surface area contributed by atoms with Gasteiger partial charge >= 0.3 is 6.09 Å². The van der Waals surface area contributed by atoms with E-state index in [1.165, 1.54) is 11.6 Å². The molecule has 0 fully saturated rings. The molecule has 2 atom stereocenters. The van der Waals surface area contributed by atoms with E-state index in [2.05, 4.69) is 5.32 Å². The van der Waals surface area contributed by atoms with Crippen molar-refractivity contribution in [2.45, 2.75) is 19.1 Å². The molecular weight excluding hydrogens is 432 g/mol. The SMILES string of the molecule is CCO[C@@H](/C=C/C(=O)NO)[C@@H](OC(=O)NC(=O)c1ccccc1)c1cccc(OCCO)c1. The minimum atomic E-state index is -1.09. The molecule has 10 nitrogen and oxygen atoms in total. The van der Waals surface area contributed by atoms with Crippen molar-refractivity contribution in [2.24, 2.45) is 0 Å². The summed E-state index contributed by atoms with van der Waals surface area (Å²) in [5.41, 5.74) is 2.18. The number of nitrogens with one attached hydrogen (secondary N) is 2. The number of hydroxylamine groups is 1. The minimum absolute atomic E-state index is 0.0620. The largest absolute Gasteiger partial charge is 0.491 e. The maximum absolute atomic E-state index is 12.6. The van der Waals surface area contributed by atoms with Crippen molar-refractivity contribution in [3.8, 4) is 5.75 Å². The molecule has 33 heavy (non-hydrogen) atoms. The summed E-state index contributed by atoms with van der Waals surface area (Å²) in [6.07, 6.45) is -0.726. The number of alkyl carbamates (subject to hydrolysis) is 1. The summed E-state index contributed by atoms with van der Waals surface area (Å²) in [5, 5.41) is 19.9. The van der Waals surface area contributed by atoms with Gasteiger partial charge in [-0.25, -0.2) is 10.3 Å². The Kier molecular flexibility index (Phi) is 10.5. The van der Waals surface area contributed by atoms with E-state index in [-0.39, 0.29) is 25.4 Å². The quantitative estimate of drug-likeness (QED) is 0.228. The second-order valence-corrected chi connectivity index (χ2v) is 6.55. The van der Waals surface area contributed by atoms with Crippen molar-refractivity contribution in [2.75, 3.05) is 19.8 Å². The molecule has 176 valence electrons. The number of rotatable bonds is 11. The Morgan fingerprint density at radius 2 is 1.85 bits per heavy atom. The van der Waals surface area contributed by atoms with Crippen LogP contribution in [0.3, 0.4) is 0 Å². The van der Waals surface area contributed by atoms with Crippen LogP contribution in [-0.4, -0.2) is 54.1 Å². The van der Waals surface area contributed by atoms with E-state index in [0.29, 0.717) is 11.3 Å². The van der Waals surface area contributed by atoms with Gasteiger partial charge in [0.1, 0.15) is 18.5 Å². The van der Waals surface area contributed by atoms with Crippen LogP contribution in [0.25, 0.3) is 0 Å². The van der Waals surface area contributed by atoms with E-state index in [9.17, 15) is 14.4 Å². The molecule has 0 aliphatic rings. The maximum atomic E-state index is 12.6. The Morgan fingerprint density at radius 1 is 1.09 bits per heavy atom. The van der Waals surface area contributed by atoms with Gasteiger partial charge in [0.2, 0.25) is 0 Å². The molecule has 0 saturated carbocycles. The highest BCUT2D eigenvalue weighted by Gasteiger charge is 2.27. The predicted octanol–water partition coefficient (Wildman–Crippen LogP) is 2.13. The summed E-state index contributed by atoms with van der Waals surface area (Å²) >= 11 is 0. The fraction of sp³-hybridized carbons (Fsp3) is 0.261. The van der Waals surface area contributed by atoms with E-state index in [0.717, 1.165) is 6.08 Å². The van der Waals surface area contributed by atoms with Crippen molar-refractivity contribution >= 4 is 17.9 Å². The van der Waals surface area contributed by atoms with E-state index < -0.39 is 30.1 Å². The highest BCUT2D eigenvalue weighted by molar-refractivity contribution is 6.02. The molecule has 0 saturated heterocycles. The Labute approximate surface area is 190 Å². The third-order valence-corrected chi connectivity index (χ3v) is 4.24. The zero-order valence-electron chi connectivity index (χ0n) is 18.0. The van der Waals surface area contributed by atoms with E-state index in [1.807, 2.05) is 0 Å². The molecule has 0 unspecified atom stereocenters. The fourth-order valence-electron chi connectivity index (χ4n) is 2.82. The molecule has 2 aromatic rings. The van der Waals surface area contributed by atoms with E-state index in [1.54, 1.807) is 61.5 Å². The Bertz CT molecular complexity index is 948. The monoisotopic (exact) mass is 458 g/mol. The molecule has 0 aliphatic carbocycles. The Balaban J connectivity index is 2.30. The van der Waals surface area contributed by atoms with Crippen LogP contribution in [0.5, 0.6) is 5.75 Å². The first-order chi connectivity index (χ1) is 16.0. The van der Waals surface area contributed by atoms with Gasteiger partial charge in [-0.2, -0.15) is 0 Å². The average Bonchev–Trinajstić information content (AvgIpc) is 2.84. The number of aliphatic hydroxyl groups excluding tert-OH is 1. The van der Waals surface area contributed by atoms with Gasteiger partial charge in [-0.15, -0.1) is 0 Å². The van der Waals surface area contributed by atoms with Crippen LogP contribution in [0.1, 0.15) is 28.9 Å². The number of benzene rings is 2. The first-order valence-electron chi connectivity index (χ1n) is 10.1. The van der Waals surface area contributed by atoms with Crippen molar-refractivity contribution in [3.05, 3.63) is 77.9 Å². The van der Waals surface area contributed by atoms with Gasteiger partial charge in [-0.1, -0.05) is 30.3 Å². The molecular formula is C23H26N2O8. The van der Waals surface area contributed by atoms with E-state index in [4.69, 9.17) is 24.5 Å². The summed E-state index contributed by atoms with van der Waals surface area (Å²) in [7, 11) is 0. The summed E-state index contributed by atoms with van der Waals surface area (Å²) in [4.78, 5) is 36.3. The van der Waals surface area contributed by atoms with Gasteiger partial charge in [0.05, 0.1) is 6.61 Å². The van der Waals surface area contributed by atoms with Gasteiger partial charge in [-0.05, 0) is 42.8 Å². The molecule has 4 N–H and O–H groups in total. The topological polar surface area (TPSA) is 143 Å². The van der Waals surface area contributed by atoms with Gasteiger partial charge in [0, 0.05) is 18.2 Å². The zero-order valence-corrected chi connectivity index (χ0v) is 18.0. The number of amides is 3. The number of hydrogen-bond acceptors (Lipinski definition) is 8. The lowest BCUT2D eigenvalue weighted by Crippen LogP contribution is -2.35. The molecule has 0 spiro atoms. The average molecular weight is 458 g/mol. The highest BCUT2D eigenvalue weighted by atomic mass is 16.6. The number of aliphatic hydroxyl groups is 1. The molecule has 2 aromatic carbocycles. The summed E-state index contributed by atoms with van der Waals surface area (Å²) in [6.45, 7) is 1.80. The smallest absolute Gasteiger partial charge is 0.414 e. The standard InChI is InChI=1S/C23H26N2O8/c1-2-31-19(11-12-20(27)25-30)21(17-9-6-10-18(15-17)32-14-13-26)33-23(29)24-22(28)16-7-4-3-5-8-16/h3-12,15,19,21,26,30H,2,13-14H2,1H3,(H,25,27)(H,24,28,29)/b12-11+/t19-,21-/m0/s1. The molecule has 10 heteroatoms. The van der Waals surface area contributed by atoms with Crippen LogP contribution in [0.4, 0.5) is 4.79 Å². The molecule has 0 radical (unpaired) electrons. The predicted molar refractivity (Wildman–Crippen MR) is 117 cm³/mol. The Morgan fingerprint density at radius 3 is 2.52 bits per heavy atom. The zero-order chi connectivity index (χ0) is 24.1. The minimum Gasteiger partial charge on any atom is -0.491 e. The lowest BCUT2D eigenvalue weighted by atomic mass is 10.0. The van der Waals surface area contributed by atoms with Crippen LogP contribution in [0.15, 0.2) is 66.7 Å². The van der Waals surface area contributed by atoms with Crippen molar-refractivity contribution < 1.29 is 38.9 Å². The second kappa shape index (κ2) is 13.6. The van der Waals surface area contributed by atoms with Crippen LogP contribution < -0.4 is 15.5 Å². The van der Waals surface area contributed by atoms with Crippen LogP contribution in [0, 0.1) is 0 Å². The molecule has 3 amide bonds. The van der Waals surface area contributed by atoms with Gasteiger partial charge in [-0.3, -0.25) is 20.1 Å². The maximum Gasteiger partial charge on any atom is 0.414 e. The highest BCUT2D eigenvalue weighted by Crippen LogP contribution is 2.28. The number of ether oxygens (including phenoxy) is 3. The van der Waals surface area contributed by atoms with Crippen LogP contribution in [0.2, 0.25) is 0 Å². The molecule has 0 heterocycles. The third kappa shape index (κ3) is 8.37. The van der Waals surface area contributed by atoms with Gasteiger partial charge in [0.15, 0.2) is 6.10 Å².